The van der Waals surface area contributed by atoms with Crippen molar-refractivity contribution in [3.05, 3.63) is 130 Å². The molecule has 4 aromatic carbocycles. The van der Waals surface area contributed by atoms with Gasteiger partial charge in [-0.25, -0.2) is 0 Å². The first-order valence-electron chi connectivity index (χ1n) is 24.0. The summed E-state index contributed by atoms with van der Waals surface area (Å²) in [6.45, 7) is 7.86. The summed E-state index contributed by atoms with van der Waals surface area (Å²) in [4.78, 5) is 61.2. The molecule has 10 nitrogen and oxygen atoms in total. The van der Waals surface area contributed by atoms with E-state index in [4.69, 9.17) is 0 Å². The van der Waals surface area contributed by atoms with Crippen LogP contribution in [0.3, 0.4) is 0 Å². The Morgan fingerprint density at radius 1 is 0.531 bits per heavy atom. The molecule has 0 bridgehead atoms. The third-order valence-corrected chi connectivity index (χ3v) is 15.8. The number of piperidine rings is 2. The highest BCUT2D eigenvalue weighted by atomic mass is 16.2. The molecule has 4 aliphatic heterocycles. The predicted molar refractivity (Wildman–Crippen MR) is 253 cm³/mol. The molecule has 2 N–H and O–H groups in total. The van der Waals surface area contributed by atoms with Gasteiger partial charge < -0.3 is 20.4 Å². The molecule has 4 aromatic rings. The van der Waals surface area contributed by atoms with E-state index >= 15 is 0 Å². The Labute approximate surface area is 379 Å². The van der Waals surface area contributed by atoms with E-state index in [2.05, 4.69) is 69.0 Å². The van der Waals surface area contributed by atoms with Gasteiger partial charge in [0.2, 0.25) is 23.6 Å². The molecule has 4 amide bonds. The van der Waals surface area contributed by atoms with Gasteiger partial charge in [-0.1, -0.05) is 84.9 Å². The fourth-order valence-electron chi connectivity index (χ4n) is 12.3. The Morgan fingerprint density at radius 3 is 1.28 bits per heavy atom. The number of fused-ring (bicyclic) bond motifs is 4. The van der Waals surface area contributed by atoms with Gasteiger partial charge in [0.25, 0.3) is 0 Å². The van der Waals surface area contributed by atoms with Crippen molar-refractivity contribution >= 4 is 35.0 Å². The third kappa shape index (κ3) is 7.95. The molecule has 0 spiro atoms. The van der Waals surface area contributed by atoms with Crippen LogP contribution >= 0.6 is 0 Å². The van der Waals surface area contributed by atoms with Gasteiger partial charge in [0, 0.05) is 88.7 Å². The number of anilines is 2. The van der Waals surface area contributed by atoms with Crippen molar-refractivity contribution < 1.29 is 19.2 Å². The normalized spacial score (nSPS) is 26.0. The summed E-state index contributed by atoms with van der Waals surface area (Å²) in [6, 6.07) is 35.2. The lowest BCUT2D eigenvalue weighted by atomic mass is 9.80. The van der Waals surface area contributed by atoms with Gasteiger partial charge in [-0.3, -0.25) is 29.0 Å². The maximum atomic E-state index is 13.7. The van der Waals surface area contributed by atoms with Crippen LogP contribution in [-0.2, 0) is 42.8 Å². The number of rotatable bonds is 8. The lowest BCUT2D eigenvalue weighted by Crippen LogP contribution is -2.50. The highest BCUT2D eigenvalue weighted by Gasteiger charge is 2.52. The maximum Gasteiger partial charge on any atom is 0.238 e. The minimum absolute atomic E-state index is 0.0729. The molecule has 10 rings (SSSR count). The molecule has 2 aliphatic carbocycles. The van der Waals surface area contributed by atoms with Gasteiger partial charge in [-0.2, -0.15) is 0 Å². The van der Waals surface area contributed by atoms with Gasteiger partial charge in [0.1, 0.15) is 0 Å². The molecule has 0 saturated carbocycles. The van der Waals surface area contributed by atoms with Crippen LogP contribution in [0.15, 0.2) is 97.1 Å². The largest absolute Gasteiger partial charge is 0.359 e. The molecule has 10 heteroatoms. The summed E-state index contributed by atoms with van der Waals surface area (Å²) in [5.41, 5.74) is 8.35. The Balaban J connectivity index is 0.000000162. The van der Waals surface area contributed by atoms with E-state index in [0.717, 1.165) is 74.4 Å². The lowest BCUT2D eigenvalue weighted by Gasteiger charge is -2.42. The Kier molecular flexibility index (Phi) is 12.5. The van der Waals surface area contributed by atoms with Gasteiger partial charge in [-0.05, 0) is 124 Å². The van der Waals surface area contributed by atoms with Crippen molar-refractivity contribution in [2.75, 3.05) is 50.1 Å². The quantitative estimate of drug-likeness (QED) is 0.187. The number of amides is 4. The Hall–Kier alpha value is -5.32. The first kappa shape index (κ1) is 43.9. The van der Waals surface area contributed by atoms with Gasteiger partial charge in [0.15, 0.2) is 0 Å². The molecular weight excluding hydrogens is 797 g/mol. The molecule has 2 saturated heterocycles. The van der Waals surface area contributed by atoms with Crippen molar-refractivity contribution in [2.45, 2.75) is 126 Å². The van der Waals surface area contributed by atoms with Crippen LogP contribution in [0.4, 0.5) is 11.4 Å². The third-order valence-electron chi connectivity index (χ3n) is 15.8. The van der Waals surface area contributed by atoms with Crippen LogP contribution in [-0.4, -0.2) is 85.8 Å². The van der Waals surface area contributed by atoms with E-state index in [0.29, 0.717) is 12.1 Å². The molecular formula is C54H66N6O4. The summed E-state index contributed by atoms with van der Waals surface area (Å²) < 4.78 is 0. The lowest BCUT2D eigenvalue weighted by molar-refractivity contribution is -0.129. The van der Waals surface area contributed by atoms with Crippen LogP contribution in [0.2, 0.25) is 0 Å². The zero-order valence-corrected chi connectivity index (χ0v) is 38.3. The van der Waals surface area contributed by atoms with Crippen molar-refractivity contribution in [1.29, 1.82) is 0 Å². The monoisotopic (exact) mass is 863 g/mol. The first-order valence-corrected chi connectivity index (χ1v) is 24.0. The number of hydrogen-bond donors (Lipinski definition) is 2. The summed E-state index contributed by atoms with van der Waals surface area (Å²) in [6.07, 6.45) is 11.6. The number of para-hydroxylation sites is 2. The molecule has 64 heavy (non-hydrogen) atoms. The second-order valence-electron chi connectivity index (χ2n) is 19.5. The smallest absolute Gasteiger partial charge is 0.238 e. The number of likely N-dealkylation sites (tertiary alicyclic amines) is 2. The van der Waals surface area contributed by atoms with E-state index in [1.54, 1.807) is 14.1 Å². The SMILES string of the molecule is CNC(=O)C[C@@]1(C)C(=O)N(C2CCN([C@H]3CCCc4ccccc43)CC2)c2ccccc21.CNC(=O)C[C@]1(C)C(=O)N(C2CCN([C@@H]3CCCc4ccccc43)CC2)c2ccccc21. The average Bonchev–Trinajstić information content (AvgIpc) is 3.69. The molecule has 6 aliphatic rings. The van der Waals surface area contributed by atoms with Crippen LogP contribution in [0.5, 0.6) is 0 Å². The maximum absolute atomic E-state index is 13.7. The molecule has 2 fully saturated rings. The second-order valence-corrected chi connectivity index (χ2v) is 19.5. The Bertz CT molecular complexity index is 2220. The van der Waals surface area contributed by atoms with Gasteiger partial charge in [-0.15, -0.1) is 0 Å². The number of carbonyl (C=O) groups excluding carboxylic acids is 4. The fraction of sp³-hybridized carbons (Fsp3) is 0.481. The topological polar surface area (TPSA) is 105 Å². The van der Waals surface area contributed by atoms with Gasteiger partial charge >= 0.3 is 0 Å². The standard InChI is InChI=1S/2C27H33N3O2/c2*1-27(18-25(31)28-2)22-11-5-6-12-24(22)30(26(27)32)20-14-16-29(17-15-20)23-13-7-9-19-8-3-4-10-21(19)23/h2*3-6,8,10-12,20,23H,7,9,13-18H2,1-2H3,(H,28,31)/t2*23-,27+/m10/s1. The minimum atomic E-state index is -0.796. The van der Waals surface area contributed by atoms with Crippen molar-refractivity contribution in [2.24, 2.45) is 0 Å². The fourth-order valence-corrected chi connectivity index (χ4v) is 12.3. The zero-order chi connectivity index (χ0) is 44.6. The summed E-state index contributed by atoms with van der Waals surface area (Å²) in [5.74, 6) is -0.0425. The van der Waals surface area contributed by atoms with Gasteiger partial charge in [0.05, 0.1) is 10.8 Å². The average molecular weight is 863 g/mol. The molecule has 0 aromatic heterocycles. The minimum Gasteiger partial charge on any atom is -0.359 e. The van der Waals surface area contributed by atoms with E-state index in [9.17, 15) is 19.2 Å². The summed E-state index contributed by atoms with van der Waals surface area (Å²) in [7, 11) is 3.27. The summed E-state index contributed by atoms with van der Waals surface area (Å²) >= 11 is 0. The molecule has 0 radical (unpaired) electrons. The number of benzene rings is 4. The number of carbonyl (C=O) groups is 4. The molecule has 336 valence electrons. The molecule has 4 heterocycles. The van der Waals surface area contributed by atoms with E-state index in [1.165, 1.54) is 60.8 Å². The van der Waals surface area contributed by atoms with Crippen LogP contribution < -0.4 is 20.4 Å². The van der Waals surface area contributed by atoms with Crippen molar-refractivity contribution in [3.8, 4) is 0 Å². The Morgan fingerprint density at radius 2 is 0.891 bits per heavy atom. The highest BCUT2D eigenvalue weighted by Crippen LogP contribution is 2.48. The highest BCUT2D eigenvalue weighted by molar-refractivity contribution is 6.11. The van der Waals surface area contributed by atoms with Crippen molar-refractivity contribution in [1.82, 2.24) is 20.4 Å². The summed E-state index contributed by atoms with van der Waals surface area (Å²) in [5, 5.41) is 5.39. The number of hydrogen-bond acceptors (Lipinski definition) is 6. The van der Waals surface area contributed by atoms with E-state index in [1.807, 2.05) is 72.2 Å². The number of nitrogens with one attached hydrogen (secondary N) is 2. The van der Waals surface area contributed by atoms with Crippen LogP contribution in [0.1, 0.15) is 124 Å². The molecule has 4 atom stereocenters. The molecule has 0 unspecified atom stereocenters. The number of aryl methyl sites for hydroxylation is 2. The second kappa shape index (κ2) is 18.3. The van der Waals surface area contributed by atoms with Crippen LogP contribution in [0, 0.1) is 0 Å². The zero-order valence-electron chi connectivity index (χ0n) is 38.3. The van der Waals surface area contributed by atoms with Crippen molar-refractivity contribution in [3.63, 3.8) is 0 Å². The predicted octanol–water partition coefficient (Wildman–Crippen LogP) is 7.94. The van der Waals surface area contributed by atoms with E-state index in [-0.39, 0.29) is 48.6 Å². The van der Waals surface area contributed by atoms with Crippen LogP contribution in [0.25, 0.3) is 0 Å². The number of nitrogens with zero attached hydrogens (tertiary/aromatic N) is 4. The first-order chi connectivity index (χ1) is 31.1. The van der Waals surface area contributed by atoms with E-state index < -0.39 is 10.8 Å².